The number of aliphatic hydroxyl groups is 1. The second kappa shape index (κ2) is 8.38. The molecule has 0 aromatic heterocycles. The first kappa shape index (κ1) is 18.2. The van der Waals surface area contributed by atoms with E-state index >= 15 is 0 Å². The predicted octanol–water partition coefficient (Wildman–Crippen LogP) is 1.90. The van der Waals surface area contributed by atoms with Crippen molar-refractivity contribution in [3.8, 4) is 0 Å². The van der Waals surface area contributed by atoms with E-state index in [1.54, 1.807) is 0 Å². The van der Waals surface area contributed by atoms with Crippen LogP contribution >= 0.6 is 0 Å². The van der Waals surface area contributed by atoms with Crippen LogP contribution in [0.5, 0.6) is 0 Å². The monoisotopic (exact) mass is 274 g/mol. The van der Waals surface area contributed by atoms with Gasteiger partial charge in [0.25, 0.3) is 0 Å². The number of carbonyl (C=O) groups excluding carboxylic acids is 1. The van der Waals surface area contributed by atoms with E-state index in [1.807, 2.05) is 20.8 Å². The number of hydrogen-bond acceptors (Lipinski definition) is 4. The van der Waals surface area contributed by atoms with Crippen molar-refractivity contribution in [2.24, 2.45) is 5.41 Å². The Hall–Kier alpha value is -0.810. The van der Waals surface area contributed by atoms with Crippen molar-refractivity contribution in [3.63, 3.8) is 0 Å². The van der Waals surface area contributed by atoms with Crippen molar-refractivity contribution in [2.75, 3.05) is 26.2 Å². The smallest absolute Gasteiger partial charge is 0.407 e. The van der Waals surface area contributed by atoms with Crippen LogP contribution in [0.15, 0.2) is 0 Å². The molecule has 3 N–H and O–H groups in total. The van der Waals surface area contributed by atoms with Crippen molar-refractivity contribution in [1.29, 1.82) is 0 Å². The van der Waals surface area contributed by atoms with Crippen LogP contribution in [-0.2, 0) is 4.74 Å². The van der Waals surface area contributed by atoms with Gasteiger partial charge in [-0.2, -0.15) is 0 Å². The molecule has 0 saturated heterocycles. The van der Waals surface area contributed by atoms with Gasteiger partial charge >= 0.3 is 6.09 Å². The molecule has 0 aromatic rings. The lowest BCUT2D eigenvalue weighted by Crippen LogP contribution is -2.37. The third-order valence-electron chi connectivity index (χ3n) is 2.99. The molecule has 19 heavy (non-hydrogen) atoms. The topological polar surface area (TPSA) is 70.6 Å². The second-order valence-electron chi connectivity index (χ2n) is 6.28. The Balaban J connectivity index is 3.58. The first-order valence-electron chi connectivity index (χ1n) is 7.01. The number of carbonyl (C=O) groups is 1. The number of alkyl carbamates (subject to hydrolysis) is 1. The van der Waals surface area contributed by atoms with E-state index in [-0.39, 0.29) is 18.1 Å². The van der Waals surface area contributed by atoms with E-state index in [1.165, 1.54) is 0 Å². The normalized spacial score (nSPS) is 14.8. The molecule has 1 unspecified atom stereocenters. The van der Waals surface area contributed by atoms with E-state index in [0.29, 0.717) is 6.54 Å². The highest BCUT2D eigenvalue weighted by Gasteiger charge is 2.20. The summed E-state index contributed by atoms with van der Waals surface area (Å²) < 4.78 is 5.13. The van der Waals surface area contributed by atoms with Gasteiger partial charge in [0.1, 0.15) is 5.60 Å². The van der Waals surface area contributed by atoms with Crippen molar-refractivity contribution in [2.45, 2.75) is 53.1 Å². The van der Waals surface area contributed by atoms with E-state index in [2.05, 4.69) is 24.5 Å². The Bertz CT molecular complexity index is 258. The molecule has 1 amide bonds. The average Bonchev–Trinajstić information content (AvgIpc) is 2.31. The first-order valence-corrected chi connectivity index (χ1v) is 7.01. The molecular formula is C14H30N2O3. The number of rotatable bonds is 8. The van der Waals surface area contributed by atoms with Gasteiger partial charge in [0, 0.05) is 25.1 Å². The molecule has 0 radical (unpaired) electrons. The minimum atomic E-state index is -0.452. The highest BCUT2D eigenvalue weighted by Crippen LogP contribution is 2.18. The zero-order valence-corrected chi connectivity index (χ0v) is 13.0. The van der Waals surface area contributed by atoms with E-state index in [9.17, 15) is 9.90 Å². The maximum Gasteiger partial charge on any atom is 0.407 e. The van der Waals surface area contributed by atoms with Gasteiger partial charge in [-0.25, -0.2) is 4.79 Å². The number of hydrogen-bond donors (Lipinski definition) is 3. The molecule has 0 aromatic carbocycles. The molecule has 5 nitrogen and oxygen atoms in total. The molecule has 114 valence electrons. The maximum absolute atomic E-state index is 11.4. The Kier molecular flexibility index (Phi) is 8.02. The third-order valence-corrected chi connectivity index (χ3v) is 2.99. The van der Waals surface area contributed by atoms with Crippen LogP contribution in [-0.4, -0.2) is 43.0 Å². The van der Waals surface area contributed by atoms with Crippen LogP contribution in [0, 0.1) is 5.41 Å². The van der Waals surface area contributed by atoms with Gasteiger partial charge in [0.05, 0.1) is 0 Å². The molecule has 0 spiro atoms. The van der Waals surface area contributed by atoms with Crippen molar-refractivity contribution < 1.29 is 14.6 Å². The molecule has 0 aliphatic carbocycles. The highest BCUT2D eigenvalue weighted by atomic mass is 16.6. The first-order chi connectivity index (χ1) is 8.72. The Morgan fingerprint density at radius 3 is 2.32 bits per heavy atom. The highest BCUT2D eigenvalue weighted by molar-refractivity contribution is 5.67. The van der Waals surface area contributed by atoms with E-state index < -0.39 is 5.60 Å². The standard InChI is InChI=1S/C14H30N2O3/c1-6-14(5,11-17)10-15-8-7-9-16-12(18)19-13(2,3)4/h15,17H,6-11H2,1-5H3,(H,16,18). The fourth-order valence-electron chi connectivity index (χ4n) is 1.40. The summed E-state index contributed by atoms with van der Waals surface area (Å²) in [5.41, 5.74) is -0.509. The molecule has 0 saturated carbocycles. The Labute approximate surface area is 117 Å². The zero-order chi connectivity index (χ0) is 14.9. The summed E-state index contributed by atoms with van der Waals surface area (Å²) in [7, 11) is 0. The van der Waals surface area contributed by atoms with Gasteiger partial charge < -0.3 is 20.5 Å². The van der Waals surface area contributed by atoms with Crippen molar-refractivity contribution in [1.82, 2.24) is 10.6 Å². The average molecular weight is 274 g/mol. The van der Waals surface area contributed by atoms with Crippen LogP contribution in [0.3, 0.4) is 0 Å². The molecule has 1 atom stereocenters. The Morgan fingerprint density at radius 2 is 1.84 bits per heavy atom. The molecule has 0 bridgehead atoms. The lowest BCUT2D eigenvalue weighted by atomic mass is 9.89. The molecule has 5 heteroatoms. The summed E-state index contributed by atoms with van der Waals surface area (Å²) in [6.45, 7) is 12.0. The molecule has 0 rings (SSSR count). The lowest BCUT2D eigenvalue weighted by Gasteiger charge is -2.25. The molecule has 0 heterocycles. The van der Waals surface area contributed by atoms with E-state index in [0.717, 1.165) is 25.9 Å². The number of nitrogens with one attached hydrogen (secondary N) is 2. The van der Waals surface area contributed by atoms with Crippen LogP contribution in [0.1, 0.15) is 47.5 Å². The molecule has 0 aliphatic heterocycles. The second-order valence-corrected chi connectivity index (χ2v) is 6.28. The van der Waals surface area contributed by atoms with Gasteiger partial charge in [-0.05, 0) is 40.2 Å². The van der Waals surface area contributed by atoms with Gasteiger partial charge in [0.15, 0.2) is 0 Å². The largest absolute Gasteiger partial charge is 0.444 e. The molecular weight excluding hydrogens is 244 g/mol. The third kappa shape index (κ3) is 9.73. The van der Waals surface area contributed by atoms with Crippen LogP contribution < -0.4 is 10.6 Å². The van der Waals surface area contributed by atoms with Crippen molar-refractivity contribution in [3.05, 3.63) is 0 Å². The number of ether oxygens (including phenoxy) is 1. The molecule has 0 aliphatic rings. The van der Waals surface area contributed by atoms with E-state index in [4.69, 9.17) is 4.74 Å². The zero-order valence-electron chi connectivity index (χ0n) is 13.0. The predicted molar refractivity (Wildman–Crippen MR) is 77.2 cm³/mol. The minimum Gasteiger partial charge on any atom is -0.444 e. The summed E-state index contributed by atoms with van der Waals surface area (Å²) >= 11 is 0. The van der Waals surface area contributed by atoms with Crippen molar-refractivity contribution >= 4 is 6.09 Å². The summed E-state index contributed by atoms with van der Waals surface area (Å²) in [5, 5.41) is 15.3. The van der Waals surface area contributed by atoms with Gasteiger partial charge in [-0.1, -0.05) is 13.8 Å². The summed E-state index contributed by atoms with van der Waals surface area (Å²) in [5.74, 6) is 0. The fourth-order valence-corrected chi connectivity index (χ4v) is 1.40. The maximum atomic E-state index is 11.4. The number of aliphatic hydroxyl groups excluding tert-OH is 1. The van der Waals surface area contributed by atoms with Gasteiger partial charge in [-0.15, -0.1) is 0 Å². The Morgan fingerprint density at radius 1 is 1.21 bits per heavy atom. The minimum absolute atomic E-state index is 0.0570. The molecule has 0 fully saturated rings. The van der Waals surface area contributed by atoms with Gasteiger partial charge in [-0.3, -0.25) is 0 Å². The quantitative estimate of drug-likeness (QED) is 0.591. The number of amides is 1. The SMILES string of the molecule is CCC(C)(CO)CNCCCNC(=O)OC(C)(C)C. The summed E-state index contributed by atoms with van der Waals surface area (Å²) in [6, 6.07) is 0. The van der Waals surface area contributed by atoms with Gasteiger partial charge in [0.2, 0.25) is 0 Å². The van der Waals surface area contributed by atoms with Crippen LogP contribution in [0.2, 0.25) is 0 Å². The van der Waals surface area contributed by atoms with Crippen LogP contribution in [0.4, 0.5) is 4.79 Å². The lowest BCUT2D eigenvalue weighted by molar-refractivity contribution is 0.0527. The summed E-state index contributed by atoms with van der Waals surface area (Å²) in [4.78, 5) is 11.4. The summed E-state index contributed by atoms with van der Waals surface area (Å²) in [6.07, 6.45) is 1.40. The van der Waals surface area contributed by atoms with Crippen LogP contribution in [0.25, 0.3) is 0 Å². The fraction of sp³-hybridized carbons (Fsp3) is 0.929.